The predicted octanol–water partition coefficient (Wildman–Crippen LogP) is 0.903. The molecule has 52 valence electrons. The molecule has 1 N–H and O–H groups in total. The van der Waals surface area contributed by atoms with E-state index in [9.17, 15) is 4.79 Å². The number of aliphatic hydroxyl groups excluding tert-OH is 1. The minimum absolute atomic E-state index is 0.173. The van der Waals surface area contributed by atoms with E-state index in [-0.39, 0.29) is 5.78 Å². The van der Waals surface area contributed by atoms with Crippen LogP contribution in [0.5, 0.6) is 0 Å². The van der Waals surface area contributed by atoms with Gasteiger partial charge in [0, 0.05) is 0 Å². The molecule has 0 spiro atoms. The molecule has 0 bridgehead atoms. The molecule has 0 heterocycles. The van der Waals surface area contributed by atoms with E-state index >= 15 is 0 Å². The van der Waals surface area contributed by atoms with Crippen molar-refractivity contribution in [3.8, 4) is 0 Å². The first kappa shape index (κ1) is 8.37. The average Bonchev–Trinajstić information content (AvgIpc) is 1.82. The van der Waals surface area contributed by atoms with Crippen LogP contribution in [-0.4, -0.2) is 17.0 Å². The molecule has 0 fully saturated rings. The van der Waals surface area contributed by atoms with Crippen LogP contribution in [0.2, 0.25) is 0 Å². The molecule has 0 saturated heterocycles. The third-order valence-electron chi connectivity index (χ3n) is 1.06. The van der Waals surface area contributed by atoms with Crippen molar-refractivity contribution in [3.63, 3.8) is 0 Å². The number of aliphatic hydroxyl groups is 1. The molecule has 2 heteroatoms. The first-order chi connectivity index (χ1) is 4.18. The molecule has 0 saturated carbocycles. The van der Waals surface area contributed by atoms with Crippen LogP contribution in [0.3, 0.4) is 0 Å². The van der Waals surface area contributed by atoms with Crippen LogP contribution >= 0.6 is 0 Å². The fourth-order valence-corrected chi connectivity index (χ4v) is 0.431. The molecule has 1 unspecified atom stereocenters. The van der Waals surface area contributed by atoms with Gasteiger partial charge in [0.15, 0.2) is 5.78 Å². The summed E-state index contributed by atoms with van der Waals surface area (Å²) in [5, 5.41) is 8.86. The van der Waals surface area contributed by atoms with Gasteiger partial charge in [0.05, 0.1) is 0 Å². The normalized spacial score (nSPS) is 14.1. The Labute approximate surface area is 55.2 Å². The zero-order valence-electron chi connectivity index (χ0n) is 5.79. The molecule has 0 aliphatic heterocycles. The Morgan fingerprint density at radius 2 is 2.33 bits per heavy atom. The highest BCUT2D eigenvalue weighted by molar-refractivity contribution is 5.80. The van der Waals surface area contributed by atoms with Gasteiger partial charge < -0.3 is 5.11 Å². The highest BCUT2D eigenvalue weighted by Crippen LogP contribution is 1.93. The summed E-state index contributed by atoms with van der Waals surface area (Å²) in [6, 6.07) is 0. The Balaban J connectivity index is 3.50. The average molecular weight is 128 g/mol. The molecular formula is C7H12O2. The van der Waals surface area contributed by atoms with Crippen molar-refractivity contribution in [2.24, 2.45) is 0 Å². The molecule has 0 aliphatic carbocycles. The highest BCUT2D eigenvalue weighted by atomic mass is 16.3. The Bertz CT molecular complexity index is 116. The maximum absolute atomic E-state index is 10.4. The summed E-state index contributed by atoms with van der Waals surface area (Å²) in [5.74, 6) is -0.173. The summed E-state index contributed by atoms with van der Waals surface area (Å²) in [5.41, 5.74) is 0. The topological polar surface area (TPSA) is 37.3 Å². The van der Waals surface area contributed by atoms with Gasteiger partial charge in [0.1, 0.15) is 6.10 Å². The number of carbonyl (C=O) groups is 1. The van der Waals surface area contributed by atoms with Crippen LogP contribution < -0.4 is 0 Å². The monoisotopic (exact) mass is 128 g/mol. The van der Waals surface area contributed by atoms with E-state index in [2.05, 4.69) is 0 Å². The van der Waals surface area contributed by atoms with E-state index in [4.69, 9.17) is 5.11 Å². The zero-order chi connectivity index (χ0) is 7.28. The largest absolute Gasteiger partial charge is 0.385 e. The van der Waals surface area contributed by atoms with Gasteiger partial charge in [-0.15, -0.1) is 0 Å². The molecule has 1 atom stereocenters. The van der Waals surface area contributed by atoms with E-state index in [1.54, 1.807) is 6.08 Å². The lowest BCUT2D eigenvalue weighted by Gasteiger charge is -1.99. The maximum Gasteiger partial charge on any atom is 0.158 e. The lowest BCUT2D eigenvalue weighted by Crippen LogP contribution is -2.15. The number of ketones is 1. The zero-order valence-corrected chi connectivity index (χ0v) is 5.79. The van der Waals surface area contributed by atoms with Crippen molar-refractivity contribution in [1.29, 1.82) is 0 Å². The van der Waals surface area contributed by atoms with Gasteiger partial charge in [-0.2, -0.15) is 0 Å². The van der Waals surface area contributed by atoms with E-state index in [1.165, 1.54) is 6.92 Å². The van der Waals surface area contributed by atoms with Gasteiger partial charge >= 0.3 is 0 Å². The molecule has 0 aromatic rings. The van der Waals surface area contributed by atoms with Crippen molar-refractivity contribution in [2.45, 2.75) is 26.4 Å². The minimum Gasteiger partial charge on any atom is -0.385 e. The molecule has 2 nitrogen and oxygen atoms in total. The molecule has 0 aromatic heterocycles. The van der Waals surface area contributed by atoms with Crippen LogP contribution in [0.25, 0.3) is 0 Å². The summed E-state index contributed by atoms with van der Waals surface area (Å²) in [6.45, 7) is 3.24. The first-order valence-electron chi connectivity index (χ1n) is 2.98. The standard InChI is InChI=1S/C7H12O2/c1-3-4-5-7(9)6(2)8/h3-4,7,9H,5H2,1-2H3/b4-3+. The summed E-state index contributed by atoms with van der Waals surface area (Å²) >= 11 is 0. The fraction of sp³-hybridized carbons (Fsp3) is 0.571. The van der Waals surface area contributed by atoms with E-state index in [0.717, 1.165) is 0 Å². The Hall–Kier alpha value is -0.630. The smallest absolute Gasteiger partial charge is 0.158 e. The molecule has 0 rings (SSSR count). The Morgan fingerprint density at radius 1 is 1.78 bits per heavy atom. The van der Waals surface area contributed by atoms with Crippen LogP contribution in [0, 0.1) is 0 Å². The second kappa shape index (κ2) is 4.27. The first-order valence-corrected chi connectivity index (χ1v) is 2.98. The SMILES string of the molecule is C/C=C/CC(O)C(C)=O. The predicted molar refractivity (Wildman–Crippen MR) is 36.1 cm³/mol. The Morgan fingerprint density at radius 3 is 2.67 bits per heavy atom. The number of allylic oxidation sites excluding steroid dienone is 1. The maximum atomic E-state index is 10.4. The van der Waals surface area contributed by atoms with Gasteiger partial charge in [-0.3, -0.25) is 4.79 Å². The van der Waals surface area contributed by atoms with Gasteiger partial charge in [-0.05, 0) is 20.3 Å². The van der Waals surface area contributed by atoms with Crippen molar-refractivity contribution >= 4 is 5.78 Å². The third kappa shape index (κ3) is 3.91. The number of hydrogen-bond donors (Lipinski definition) is 1. The second-order valence-corrected chi connectivity index (χ2v) is 1.93. The second-order valence-electron chi connectivity index (χ2n) is 1.93. The lowest BCUT2D eigenvalue weighted by atomic mass is 10.2. The molecule has 0 aromatic carbocycles. The van der Waals surface area contributed by atoms with Crippen molar-refractivity contribution < 1.29 is 9.90 Å². The molecular weight excluding hydrogens is 116 g/mol. The molecule has 0 amide bonds. The fourth-order valence-electron chi connectivity index (χ4n) is 0.431. The van der Waals surface area contributed by atoms with Crippen LogP contribution in [0.1, 0.15) is 20.3 Å². The van der Waals surface area contributed by atoms with Gasteiger partial charge in [0.2, 0.25) is 0 Å². The summed E-state index contributed by atoms with van der Waals surface area (Å²) in [6.07, 6.45) is 3.21. The van der Waals surface area contributed by atoms with Crippen LogP contribution in [0.15, 0.2) is 12.2 Å². The van der Waals surface area contributed by atoms with E-state index < -0.39 is 6.10 Å². The molecule has 0 aliphatic rings. The van der Waals surface area contributed by atoms with Crippen molar-refractivity contribution in [2.75, 3.05) is 0 Å². The number of carbonyl (C=O) groups excluding carboxylic acids is 1. The summed E-state index contributed by atoms with van der Waals surface area (Å²) in [7, 11) is 0. The summed E-state index contributed by atoms with van der Waals surface area (Å²) < 4.78 is 0. The van der Waals surface area contributed by atoms with Gasteiger partial charge in [-0.25, -0.2) is 0 Å². The molecule has 9 heavy (non-hydrogen) atoms. The van der Waals surface area contributed by atoms with Crippen LogP contribution in [-0.2, 0) is 4.79 Å². The van der Waals surface area contributed by atoms with E-state index in [0.29, 0.717) is 6.42 Å². The Kier molecular flexibility index (Phi) is 3.97. The van der Waals surface area contributed by atoms with Crippen molar-refractivity contribution in [3.05, 3.63) is 12.2 Å². The van der Waals surface area contributed by atoms with Crippen LogP contribution in [0.4, 0.5) is 0 Å². The van der Waals surface area contributed by atoms with Gasteiger partial charge in [0.25, 0.3) is 0 Å². The lowest BCUT2D eigenvalue weighted by molar-refractivity contribution is -0.124. The number of Topliss-reactive ketones (excluding diaryl/α,β-unsaturated/α-hetero) is 1. The van der Waals surface area contributed by atoms with E-state index in [1.807, 2.05) is 13.0 Å². The molecule has 0 radical (unpaired) electrons. The minimum atomic E-state index is -0.804. The van der Waals surface area contributed by atoms with Crippen molar-refractivity contribution in [1.82, 2.24) is 0 Å². The number of rotatable bonds is 3. The number of hydrogen-bond acceptors (Lipinski definition) is 2. The quantitative estimate of drug-likeness (QED) is 0.573. The highest BCUT2D eigenvalue weighted by Gasteiger charge is 2.05. The van der Waals surface area contributed by atoms with Gasteiger partial charge in [-0.1, -0.05) is 12.2 Å². The summed E-state index contributed by atoms with van der Waals surface area (Å²) in [4.78, 5) is 10.4. The third-order valence-corrected chi connectivity index (χ3v) is 1.06.